The van der Waals surface area contributed by atoms with Crippen LogP contribution in [0.1, 0.15) is 17.3 Å². The summed E-state index contributed by atoms with van der Waals surface area (Å²) in [5.74, 6) is 0.692. The summed E-state index contributed by atoms with van der Waals surface area (Å²) < 4.78 is 6.00. The van der Waals surface area contributed by atoms with Crippen molar-refractivity contribution in [3.63, 3.8) is 0 Å². The van der Waals surface area contributed by atoms with E-state index in [1.165, 1.54) is 0 Å². The van der Waals surface area contributed by atoms with E-state index in [-0.39, 0.29) is 17.9 Å². The number of nitrogens with two attached hydrogens (primary N) is 1. The molecule has 3 N–H and O–H groups in total. The number of rotatable bonds is 2. The molecule has 1 aromatic rings. The number of likely N-dealkylation sites (N-methyl/N-ethyl adjacent to an activating group) is 1. The highest BCUT2D eigenvalue weighted by molar-refractivity contribution is 5.98. The second-order valence-corrected chi connectivity index (χ2v) is 5.10. The van der Waals surface area contributed by atoms with Gasteiger partial charge in [0.1, 0.15) is 6.10 Å². The Hall–Kier alpha value is -1.75. The largest absolute Gasteiger partial charge is 0.486 e. The van der Waals surface area contributed by atoms with Crippen molar-refractivity contribution >= 4 is 11.6 Å². The van der Waals surface area contributed by atoms with Gasteiger partial charge in [-0.3, -0.25) is 4.79 Å². The van der Waals surface area contributed by atoms with Gasteiger partial charge in [-0.2, -0.15) is 0 Å². The average molecular weight is 263 g/mol. The van der Waals surface area contributed by atoms with Crippen LogP contribution in [0.25, 0.3) is 0 Å². The summed E-state index contributed by atoms with van der Waals surface area (Å²) in [6, 6.07) is 5.30. The van der Waals surface area contributed by atoms with E-state index in [1.54, 1.807) is 23.1 Å². The lowest BCUT2D eigenvalue weighted by Crippen LogP contribution is -2.44. The molecule has 1 aliphatic heterocycles. The molecular formula is C14H21N3O2. The molecule has 5 nitrogen and oxygen atoms in total. The van der Waals surface area contributed by atoms with Crippen LogP contribution >= 0.6 is 0 Å². The molecular weight excluding hydrogens is 242 g/mol. The van der Waals surface area contributed by atoms with Gasteiger partial charge in [-0.15, -0.1) is 0 Å². The van der Waals surface area contributed by atoms with E-state index in [9.17, 15) is 4.79 Å². The number of anilines is 1. The number of carbonyl (C=O) groups is 1. The average Bonchev–Trinajstić information content (AvgIpc) is 2.38. The molecule has 19 heavy (non-hydrogen) atoms. The third-order valence-corrected chi connectivity index (χ3v) is 3.49. The van der Waals surface area contributed by atoms with Gasteiger partial charge in [-0.1, -0.05) is 13.0 Å². The second-order valence-electron chi connectivity index (χ2n) is 5.10. The van der Waals surface area contributed by atoms with Crippen LogP contribution in [-0.2, 0) is 0 Å². The number of nitrogen functional groups attached to an aromatic ring is 1. The number of carbonyl (C=O) groups excluding carboxylic acids is 1. The first-order valence-corrected chi connectivity index (χ1v) is 6.49. The molecule has 0 saturated heterocycles. The lowest BCUT2D eigenvalue weighted by Gasteiger charge is -2.33. The van der Waals surface area contributed by atoms with Crippen LogP contribution in [0.5, 0.6) is 5.75 Å². The van der Waals surface area contributed by atoms with Crippen molar-refractivity contribution in [2.45, 2.75) is 13.0 Å². The highest BCUT2D eigenvalue weighted by Crippen LogP contribution is 2.31. The number of fused-ring (bicyclic) bond motifs is 1. The van der Waals surface area contributed by atoms with Crippen LogP contribution in [0, 0.1) is 5.92 Å². The molecule has 2 rings (SSSR count). The van der Waals surface area contributed by atoms with Gasteiger partial charge in [0.15, 0.2) is 5.75 Å². The predicted molar refractivity (Wildman–Crippen MR) is 75.3 cm³/mol. The van der Waals surface area contributed by atoms with Gasteiger partial charge in [0.2, 0.25) is 0 Å². The van der Waals surface area contributed by atoms with Gasteiger partial charge in [-0.05, 0) is 19.2 Å². The normalized spacial score (nSPS) is 23.3. The zero-order valence-electron chi connectivity index (χ0n) is 11.6. The zero-order chi connectivity index (χ0) is 14.0. The van der Waals surface area contributed by atoms with Crippen LogP contribution in [-0.4, -0.2) is 44.1 Å². The van der Waals surface area contributed by atoms with E-state index in [4.69, 9.17) is 10.5 Å². The number of para-hydroxylation sites is 1. The molecule has 104 valence electrons. The van der Waals surface area contributed by atoms with Crippen molar-refractivity contribution in [3.8, 4) is 5.75 Å². The maximum absolute atomic E-state index is 12.3. The summed E-state index contributed by atoms with van der Waals surface area (Å²) in [6.45, 7) is 3.46. The number of hydrogen-bond donors (Lipinski definition) is 2. The summed E-state index contributed by atoms with van der Waals surface area (Å²) in [7, 11) is 3.70. The molecule has 0 fully saturated rings. The first kappa shape index (κ1) is 13.7. The highest BCUT2D eigenvalue weighted by atomic mass is 16.5. The van der Waals surface area contributed by atoms with E-state index in [0.29, 0.717) is 23.5 Å². The molecule has 5 heteroatoms. The van der Waals surface area contributed by atoms with Gasteiger partial charge in [0, 0.05) is 26.1 Å². The second kappa shape index (κ2) is 5.48. The highest BCUT2D eigenvalue weighted by Gasteiger charge is 2.29. The van der Waals surface area contributed by atoms with Crippen molar-refractivity contribution in [3.05, 3.63) is 23.8 Å². The first-order valence-electron chi connectivity index (χ1n) is 6.49. The fourth-order valence-electron chi connectivity index (χ4n) is 2.40. The van der Waals surface area contributed by atoms with Gasteiger partial charge in [-0.25, -0.2) is 0 Å². The van der Waals surface area contributed by atoms with Crippen LogP contribution in [0.4, 0.5) is 5.69 Å². The van der Waals surface area contributed by atoms with Crippen LogP contribution in [0.15, 0.2) is 18.2 Å². The number of ether oxygens (including phenoxy) is 1. The Morgan fingerprint density at radius 1 is 1.53 bits per heavy atom. The number of benzene rings is 1. The molecule has 0 spiro atoms. The Morgan fingerprint density at radius 2 is 2.26 bits per heavy atom. The predicted octanol–water partition coefficient (Wildman–Crippen LogP) is 0.957. The van der Waals surface area contributed by atoms with Crippen LogP contribution < -0.4 is 15.8 Å². The molecule has 1 aliphatic rings. The van der Waals surface area contributed by atoms with Crippen LogP contribution in [0.3, 0.4) is 0 Å². The maximum atomic E-state index is 12.3. The first-order chi connectivity index (χ1) is 9.04. The molecule has 1 aromatic carbocycles. The topological polar surface area (TPSA) is 67.6 Å². The fourth-order valence-corrected chi connectivity index (χ4v) is 2.40. The van der Waals surface area contributed by atoms with Crippen molar-refractivity contribution in [2.75, 3.05) is 32.9 Å². The molecule has 0 bridgehead atoms. The zero-order valence-corrected chi connectivity index (χ0v) is 11.6. The quantitative estimate of drug-likeness (QED) is 0.780. The minimum atomic E-state index is -0.0444. The number of amides is 1. The Kier molecular flexibility index (Phi) is 3.95. The summed E-state index contributed by atoms with van der Waals surface area (Å²) in [5.41, 5.74) is 7.00. The number of hydrogen-bond acceptors (Lipinski definition) is 4. The molecule has 0 saturated carbocycles. The lowest BCUT2D eigenvalue weighted by molar-refractivity contribution is 0.0639. The molecule has 1 amide bonds. The van der Waals surface area contributed by atoms with E-state index in [0.717, 1.165) is 6.54 Å². The molecule has 0 aliphatic carbocycles. The summed E-state index contributed by atoms with van der Waals surface area (Å²) in [6.07, 6.45) is -0.0102. The maximum Gasteiger partial charge on any atom is 0.257 e. The van der Waals surface area contributed by atoms with E-state index < -0.39 is 0 Å². The number of nitrogens with zero attached hydrogens (tertiary/aromatic N) is 1. The summed E-state index contributed by atoms with van der Waals surface area (Å²) in [5, 5.41) is 3.12. The van der Waals surface area contributed by atoms with Crippen LogP contribution in [0.2, 0.25) is 0 Å². The van der Waals surface area contributed by atoms with Crippen molar-refractivity contribution < 1.29 is 9.53 Å². The Bertz CT molecular complexity index is 476. The number of nitrogens with one attached hydrogen (secondary N) is 1. The Labute approximate surface area is 113 Å². The summed E-state index contributed by atoms with van der Waals surface area (Å²) >= 11 is 0. The van der Waals surface area contributed by atoms with Gasteiger partial charge < -0.3 is 20.7 Å². The van der Waals surface area contributed by atoms with Gasteiger partial charge in [0.05, 0.1) is 11.3 Å². The molecule has 1 heterocycles. The molecule has 2 atom stereocenters. The van der Waals surface area contributed by atoms with Crippen molar-refractivity contribution in [1.29, 1.82) is 0 Å². The SMILES string of the molecule is CNC[C@H]1Oc2c(N)cccc2C(=O)N(C)C[C@H]1C. The minimum Gasteiger partial charge on any atom is -0.486 e. The van der Waals surface area contributed by atoms with Gasteiger partial charge >= 0.3 is 0 Å². The molecule has 0 unspecified atom stereocenters. The van der Waals surface area contributed by atoms with E-state index >= 15 is 0 Å². The lowest BCUT2D eigenvalue weighted by atomic mass is 10.0. The van der Waals surface area contributed by atoms with Crippen molar-refractivity contribution in [1.82, 2.24) is 10.2 Å². The van der Waals surface area contributed by atoms with Crippen molar-refractivity contribution in [2.24, 2.45) is 5.92 Å². The van der Waals surface area contributed by atoms with E-state index in [1.807, 2.05) is 14.1 Å². The smallest absolute Gasteiger partial charge is 0.257 e. The van der Waals surface area contributed by atoms with E-state index in [2.05, 4.69) is 12.2 Å². The van der Waals surface area contributed by atoms with Gasteiger partial charge in [0.25, 0.3) is 5.91 Å². The minimum absolute atomic E-state index is 0.0102. The third-order valence-electron chi connectivity index (χ3n) is 3.49. The molecule has 0 aromatic heterocycles. The fraction of sp³-hybridized carbons (Fsp3) is 0.500. The standard InChI is InChI=1S/C14H21N3O2/c1-9-8-17(3)14(18)10-5-4-6-11(15)13(10)19-12(9)7-16-2/h4-6,9,12,16H,7-8,15H2,1-3H3/t9-,12-/m1/s1. The Morgan fingerprint density at radius 3 is 2.95 bits per heavy atom. The Balaban J connectivity index is 2.45. The molecule has 0 radical (unpaired) electrons. The third kappa shape index (κ3) is 2.66. The monoisotopic (exact) mass is 263 g/mol. The summed E-state index contributed by atoms with van der Waals surface area (Å²) in [4.78, 5) is 14.1.